The van der Waals surface area contributed by atoms with Crippen molar-refractivity contribution in [3.63, 3.8) is 0 Å². The number of carboxylic acids is 1. The summed E-state index contributed by atoms with van der Waals surface area (Å²) < 4.78 is 6.15. The predicted octanol–water partition coefficient (Wildman–Crippen LogP) is 1.40. The van der Waals surface area contributed by atoms with Crippen LogP contribution in [0.2, 0.25) is 0 Å². The molecule has 2 N–H and O–H groups in total. The van der Waals surface area contributed by atoms with Crippen LogP contribution in [0.1, 0.15) is 18.1 Å². The smallest absolute Gasteiger partial charge is 0.336 e. The summed E-state index contributed by atoms with van der Waals surface area (Å²) in [4.78, 5) is 22.8. The van der Waals surface area contributed by atoms with E-state index in [4.69, 9.17) is 4.74 Å². The molecule has 1 aromatic rings. The Hall–Kier alpha value is -1.40. The first-order valence-corrected chi connectivity index (χ1v) is 6.14. The zero-order valence-electron chi connectivity index (χ0n) is 9.70. The van der Waals surface area contributed by atoms with Crippen molar-refractivity contribution < 1.29 is 19.4 Å². The molecule has 2 rings (SSSR count). The van der Waals surface area contributed by atoms with Gasteiger partial charge in [-0.2, -0.15) is 0 Å². The molecule has 1 aromatic carbocycles. The van der Waals surface area contributed by atoms with E-state index in [0.29, 0.717) is 12.2 Å². The SMILES string of the molecule is CC(=O)NC1(C(=O)O)COCc2cc(Br)ccc21. The fraction of sp³-hybridized carbons (Fsp3) is 0.333. The van der Waals surface area contributed by atoms with Crippen molar-refractivity contribution in [2.45, 2.75) is 19.1 Å². The fourth-order valence-corrected chi connectivity index (χ4v) is 2.53. The van der Waals surface area contributed by atoms with Gasteiger partial charge in [0.2, 0.25) is 5.91 Å². The number of benzene rings is 1. The third kappa shape index (κ3) is 2.13. The molecule has 6 heteroatoms. The highest BCUT2D eigenvalue weighted by Gasteiger charge is 2.45. The summed E-state index contributed by atoms with van der Waals surface area (Å²) in [6, 6.07) is 5.25. The highest BCUT2D eigenvalue weighted by Crippen LogP contribution is 2.32. The Morgan fingerprint density at radius 1 is 1.50 bits per heavy atom. The van der Waals surface area contributed by atoms with Gasteiger partial charge in [0, 0.05) is 11.4 Å². The minimum Gasteiger partial charge on any atom is -0.479 e. The molecule has 0 radical (unpaired) electrons. The number of carbonyl (C=O) groups excluding carboxylic acids is 1. The van der Waals surface area contributed by atoms with Crippen molar-refractivity contribution in [2.75, 3.05) is 6.61 Å². The van der Waals surface area contributed by atoms with Gasteiger partial charge in [-0.3, -0.25) is 4.79 Å². The van der Waals surface area contributed by atoms with Crippen LogP contribution in [0.3, 0.4) is 0 Å². The second-order valence-corrected chi connectivity index (χ2v) is 5.10. The van der Waals surface area contributed by atoms with Gasteiger partial charge >= 0.3 is 5.97 Å². The Morgan fingerprint density at radius 3 is 2.83 bits per heavy atom. The summed E-state index contributed by atoms with van der Waals surface area (Å²) >= 11 is 3.33. The molecular weight excluding hydrogens is 302 g/mol. The average Bonchev–Trinajstić information content (AvgIpc) is 2.27. The van der Waals surface area contributed by atoms with E-state index in [2.05, 4.69) is 21.2 Å². The van der Waals surface area contributed by atoms with E-state index in [9.17, 15) is 14.7 Å². The molecule has 5 nitrogen and oxygen atoms in total. The van der Waals surface area contributed by atoms with Crippen LogP contribution in [-0.2, 0) is 26.5 Å². The molecule has 0 aromatic heterocycles. The van der Waals surface area contributed by atoms with Crippen molar-refractivity contribution in [3.05, 3.63) is 33.8 Å². The van der Waals surface area contributed by atoms with E-state index in [1.165, 1.54) is 6.92 Å². The number of fused-ring (bicyclic) bond motifs is 1. The van der Waals surface area contributed by atoms with Crippen molar-refractivity contribution >= 4 is 27.8 Å². The van der Waals surface area contributed by atoms with Gasteiger partial charge in [0.15, 0.2) is 5.54 Å². The zero-order chi connectivity index (χ0) is 13.3. The molecule has 0 saturated heterocycles. The molecular formula is C12H12BrNO4. The van der Waals surface area contributed by atoms with E-state index in [-0.39, 0.29) is 6.61 Å². The molecule has 0 aliphatic carbocycles. The number of carbonyl (C=O) groups is 2. The monoisotopic (exact) mass is 313 g/mol. The molecule has 1 aliphatic rings. The minimum atomic E-state index is -1.50. The Morgan fingerprint density at radius 2 is 2.22 bits per heavy atom. The van der Waals surface area contributed by atoms with Crippen LogP contribution in [0.25, 0.3) is 0 Å². The molecule has 1 aliphatic heterocycles. The first-order valence-electron chi connectivity index (χ1n) is 5.34. The van der Waals surface area contributed by atoms with Gasteiger partial charge in [-0.25, -0.2) is 4.79 Å². The van der Waals surface area contributed by atoms with Crippen molar-refractivity contribution in [1.82, 2.24) is 5.32 Å². The lowest BCUT2D eigenvalue weighted by molar-refractivity contribution is -0.152. The Balaban J connectivity index is 2.57. The molecule has 1 atom stereocenters. The lowest BCUT2D eigenvalue weighted by Gasteiger charge is -2.35. The standard InChI is InChI=1S/C12H12BrNO4/c1-7(15)14-12(11(16)17)6-18-5-8-4-9(13)2-3-10(8)12/h2-4H,5-6H2,1H3,(H,14,15)(H,16,17). The number of carboxylic acid groups (broad SMARTS) is 1. The lowest BCUT2D eigenvalue weighted by atomic mass is 9.85. The summed E-state index contributed by atoms with van der Waals surface area (Å²) in [5.74, 6) is -1.53. The molecule has 0 fully saturated rings. The maximum atomic E-state index is 11.6. The Labute approximate surface area is 112 Å². The van der Waals surface area contributed by atoms with Crippen LogP contribution in [-0.4, -0.2) is 23.6 Å². The van der Waals surface area contributed by atoms with Gasteiger partial charge in [-0.1, -0.05) is 22.0 Å². The molecule has 18 heavy (non-hydrogen) atoms. The van der Waals surface area contributed by atoms with E-state index in [1.807, 2.05) is 0 Å². The predicted molar refractivity (Wildman–Crippen MR) is 66.9 cm³/mol. The minimum absolute atomic E-state index is 0.0729. The number of nitrogens with one attached hydrogen (secondary N) is 1. The second-order valence-electron chi connectivity index (χ2n) is 4.19. The van der Waals surface area contributed by atoms with Gasteiger partial charge in [0.25, 0.3) is 0 Å². The third-order valence-corrected chi connectivity index (χ3v) is 3.35. The largest absolute Gasteiger partial charge is 0.479 e. The quantitative estimate of drug-likeness (QED) is 0.865. The summed E-state index contributed by atoms with van der Waals surface area (Å²) in [5, 5.41) is 11.9. The van der Waals surface area contributed by atoms with Crippen molar-refractivity contribution in [2.24, 2.45) is 0 Å². The molecule has 0 bridgehead atoms. The van der Waals surface area contributed by atoms with E-state index < -0.39 is 17.4 Å². The maximum absolute atomic E-state index is 11.6. The van der Waals surface area contributed by atoms with Gasteiger partial charge in [-0.15, -0.1) is 0 Å². The zero-order valence-corrected chi connectivity index (χ0v) is 11.3. The molecule has 1 unspecified atom stereocenters. The number of halogens is 1. The fourth-order valence-electron chi connectivity index (χ4n) is 2.12. The molecule has 1 heterocycles. The Kier molecular flexibility index (Phi) is 3.41. The topological polar surface area (TPSA) is 75.6 Å². The average molecular weight is 314 g/mol. The summed E-state index contributed by atoms with van der Waals surface area (Å²) in [5.41, 5.74) is -0.174. The van der Waals surface area contributed by atoms with Gasteiger partial charge < -0.3 is 15.2 Å². The number of amides is 1. The molecule has 0 saturated carbocycles. The first-order chi connectivity index (χ1) is 8.45. The van der Waals surface area contributed by atoms with Gasteiger partial charge in [0.1, 0.15) is 0 Å². The summed E-state index contributed by atoms with van der Waals surface area (Å²) in [6.45, 7) is 1.55. The normalized spacial score (nSPS) is 22.1. The van der Waals surface area contributed by atoms with Crippen LogP contribution >= 0.6 is 15.9 Å². The van der Waals surface area contributed by atoms with Gasteiger partial charge in [0.05, 0.1) is 13.2 Å². The number of hydrogen-bond acceptors (Lipinski definition) is 3. The maximum Gasteiger partial charge on any atom is 0.336 e. The first kappa shape index (κ1) is 13.0. The number of hydrogen-bond donors (Lipinski definition) is 2. The van der Waals surface area contributed by atoms with Crippen LogP contribution in [0.4, 0.5) is 0 Å². The van der Waals surface area contributed by atoms with Crippen LogP contribution < -0.4 is 5.32 Å². The van der Waals surface area contributed by atoms with Crippen molar-refractivity contribution in [3.8, 4) is 0 Å². The second kappa shape index (κ2) is 4.70. The Bertz CT molecular complexity index is 517. The summed E-state index contributed by atoms with van der Waals surface area (Å²) in [6.07, 6.45) is 0. The summed E-state index contributed by atoms with van der Waals surface area (Å²) in [7, 11) is 0. The number of rotatable bonds is 2. The van der Waals surface area contributed by atoms with Crippen LogP contribution in [0, 0.1) is 0 Å². The molecule has 96 valence electrons. The molecule has 0 spiro atoms. The highest BCUT2D eigenvalue weighted by molar-refractivity contribution is 9.10. The van der Waals surface area contributed by atoms with Crippen molar-refractivity contribution in [1.29, 1.82) is 0 Å². The number of ether oxygens (including phenoxy) is 1. The third-order valence-electron chi connectivity index (χ3n) is 2.86. The van der Waals surface area contributed by atoms with E-state index in [0.717, 1.165) is 10.0 Å². The van der Waals surface area contributed by atoms with E-state index in [1.54, 1.807) is 18.2 Å². The van der Waals surface area contributed by atoms with Gasteiger partial charge in [-0.05, 0) is 23.3 Å². The highest BCUT2D eigenvalue weighted by atomic mass is 79.9. The van der Waals surface area contributed by atoms with Crippen LogP contribution in [0.15, 0.2) is 22.7 Å². The lowest BCUT2D eigenvalue weighted by Crippen LogP contribution is -2.56. The van der Waals surface area contributed by atoms with E-state index >= 15 is 0 Å². The number of aliphatic carboxylic acids is 1. The molecule has 1 amide bonds. The van der Waals surface area contributed by atoms with Crippen LogP contribution in [0.5, 0.6) is 0 Å².